The molecule has 158 valence electrons. The molecule has 2 aliphatic rings. The number of benzene rings is 2. The third-order valence-electron chi connectivity index (χ3n) is 6.20. The zero-order valence-electron chi connectivity index (χ0n) is 16.8. The van der Waals surface area contributed by atoms with Gasteiger partial charge in [0.25, 0.3) is 5.91 Å². The van der Waals surface area contributed by atoms with E-state index in [0.29, 0.717) is 11.6 Å². The number of nitrogens with one attached hydrogen (secondary N) is 1. The van der Waals surface area contributed by atoms with Gasteiger partial charge < -0.3 is 10.2 Å². The molecular weight excluding hydrogens is 388 g/mol. The van der Waals surface area contributed by atoms with E-state index in [4.69, 9.17) is 0 Å². The van der Waals surface area contributed by atoms with E-state index in [1.165, 1.54) is 46.2 Å². The number of nitrogens with two attached hydrogens (primary N) is 1. The summed E-state index contributed by atoms with van der Waals surface area (Å²) in [6.07, 6.45) is 2.33. The lowest BCUT2D eigenvalue weighted by atomic mass is 9.96. The van der Waals surface area contributed by atoms with E-state index < -0.39 is 11.9 Å². The van der Waals surface area contributed by atoms with Crippen LogP contribution in [0.15, 0.2) is 48.5 Å². The molecule has 2 aromatic carbocycles. The highest BCUT2D eigenvalue weighted by Crippen LogP contribution is 2.22. The molecule has 0 aliphatic carbocycles. The fraction of sp³-hybridized carbons (Fsp3) is 0.391. The molecule has 0 spiro atoms. The topological polar surface area (TPSA) is 58.4 Å². The third kappa shape index (κ3) is 4.74. The van der Waals surface area contributed by atoms with Gasteiger partial charge in [-0.15, -0.1) is 0 Å². The lowest BCUT2D eigenvalue weighted by molar-refractivity contribution is -0.920. The molecule has 2 aliphatic heterocycles. The van der Waals surface area contributed by atoms with Crippen LogP contribution in [0.1, 0.15) is 24.8 Å². The summed E-state index contributed by atoms with van der Waals surface area (Å²) < 4.78 is 26.2. The van der Waals surface area contributed by atoms with Gasteiger partial charge in [0.05, 0.1) is 31.7 Å². The van der Waals surface area contributed by atoms with Gasteiger partial charge in [0, 0.05) is 24.3 Å². The van der Waals surface area contributed by atoms with Crippen molar-refractivity contribution in [3.63, 3.8) is 0 Å². The molecular formula is C23H27F2N3O2+2. The summed E-state index contributed by atoms with van der Waals surface area (Å²) in [5.41, 5.74) is 1.58. The molecule has 0 unspecified atom stereocenters. The number of nitrogens with zero attached hydrogens (tertiary/aromatic N) is 1. The number of rotatable bonds is 6. The van der Waals surface area contributed by atoms with Crippen molar-refractivity contribution in [3.8, 4) is 0 Å². The Morgan fingerprint density at radius 3 is 2.17 bits per heavy atom. The summed E-state index contributed by atoms with van der Waals surface area (Å²) in [4.78, 5) is 27.7. The van der Waals surface area contributed by atoms with Gasteiger partial charge in [0.15, 0.2) is 6.04 Å². The van der Waals surface area contributed by atoms with Crippen LogP contribution in [0, 0.1) is 17.6 Å². The molecule has 2 saturated heterocycles. The summed E-state index contributed by atoms with van der Waals surface area (Å²) in [5, 5.41) is 2.00. The Hall–Kier alpha value is -2.64. The summed E-state index contributed by atoms with van der Waals surface area (Å²) in [7, 11) is 0. The van der Waals surface area contributed by atoms with Crippen molar-refractivity contribution in [2.24, 2.45) is 5.92 Å². The van der Waals surface area contributed by atoms with Crippen molar-refractivity contribution in [1.82, 2.24) is 0 Å². The van der Waals surface area contributed by atoms with Crippen molar-refractivity contribution in [2.45, 2.75) is 31.8 Å². The Labute approximate surface area is 174 Å². The number of quaternary nitrogens is 2. The highest BCUT2D eigenvalue weighted by atomic mass is 19.1. The maximum atomic E-state index is 13.1. The molecule has 0 bridgehead atoms. The van der Waals surface area contributed by atoms with E-state index in [-0.39, 0.29) is 24.1 Å². The van der Waals surface area contributed by atoms with E-state index in [0.717, 1.165) is 44.6 Å². The van der Waals surface area contributed by atoms with E-state index in [1.807, 2.05) is 17.4 Å². The molecule has 0 radical (unpaired) electrons. The molecule has 2 heterocycles. The molecule has 4 rings (SSSR count). The Kier molecular flexibility index (Phi) is 6.20. The van der Waals surface area contributed by atoms with E-state index in [1.54, 1.807) is 0 Å². The van der Waals surface area contributed by atoms with Gasteiger partial charge in [-0.2, -0.15) is 0 Å². The van der Waals surface area contributed by atoms with Crippen LogP contribution in [0.5, 0.6) is 0 Å². The molecule has 0 aromatic heterocycles. The molecule has 2 amide bonds. The summed E-state index contributed by atoms with van der Waals surface area (Å²) in [5.74, 6) is -0.531. The highest BCUT2D eigenvalue weighted by molar-refractivity contribution is 6.21. The van der Waals surface area contributed by atoms with E-state index in [2.05, 4.69) is 0 Å². The molecule has 2 fully saturated rings. The Balaban J connectivity index is 1.24. The number of carbonyl (C=O) groups excluding carboxylic acids is 2. The Bertz CT molecular complexity index is 894. The van der Waals surface area contributed by atoms with Crippen molar-refractivity contribution < 1.29 is 28.6 Å². The lowest BCUT2D eigenvalue weighted by Gasteiger charge is -2.28. The van der Waals surface area contributed by atoms with Crippen LogP contribution in [-0.4, -0.2) is 37.5 Å². The van der Waals surface area contributed by atoms with E-state index >= 15 is 0 Å². The van der Waals surface area contributed by atoms with Gasteiger partial charge in [-0.1, -0.05) is 12.1 Å². The normalized spacial score (nSPS) is 24.5. The first-order valence-electron chi connectivity index (χ1n) is 10.5. The zero-order valence-corrected chi connectivity index (χ0v) is 16.8. The predicted molar refractivity (Wildman–Crippen MR) is 108 cm³/mol. The highest BCUT2D eigenvalue weighted by Gasteiger charge is 2.42. The smallest absolute Gasteiger partial charge is 0.292 e. The first kappa shape index (κ1) is 20.6. The fourth-order valence-electron chi connectivity index (χ4n) is 4.45. The molecule has 3 N–H and O–H groups in total. The zero-order chi connectivity index (χ0) is 21.1. The van der Waals surface area contributed by atoms with Gasteiger partial charge in [0.2, 0.25) is 5.91 Å². The Morgan fingerprint density at radius 2 is 1.53 bits per heavy atom. The van der Waals surface area contributed by atoms with Gasteiger partial charge >= 0.3 is 0 Å². The average molecular weight is 415 g/mol. The molecule has 30 heavy (non-hydrogen) atoms. The molecule has 0 saturated carbocycles. The first-order valence-corrected chi connectivity index (χ1v) is 10.5. The number of amides is 2. The van der Waals surface area contributed by atoms with Gasteiger partial charge in [0.1, 0.15) is 18.2 Å². The van der Waals surface area contributed by atoms with Gasteiger partial charge in [-0.3, -0.25) is 9.59 Å². The molecule has 5 nitrogen and oxygen atoms in total. The minimum Gasteiger partial charge on any atom is -0.335 e. The van der Waals surface area contributed by atoms with Gasteiger partial charge in [-0.25, -0.2) is 13.7 Å². The molecule has 7 heteroatoms. The van der Waals surface area contributed by atoms with Crippen molar-refractivity contribution in [2.75, 3.05) is 24.5 Å². The maximum Gasteiger partial charge on any atom is 0.292 e. The summed E-state index contributed by atoms with van der Waals surface area (Å²) >= 11 is 0. The van der Waals surface area contributed by atoms with E-state index in [9.17, 15) is 18.4 Å². The van der Waals surface area contributed by atoms with Crippen LogP contribution < -0.4 is 15.1 Å². The second kappa shape index (κ2) is 9.02. The number of likely N-dealkylation sites (tertiary alicyclic amines) is 1. The second-order valence-electron chi connectivity index (χ2n) is 8.32. The average Bonchev–Trinajstić information content (AvgIpc) is 3.03. The summed E-state index contributed by atoms with van der Waals surface area (Å²) in [6, 6.07) is 11.8. The second-order valence-corrected chi connectivity index (χ2v) is 8.32. The Morgan fingerprint density at radius 1 is 0.933 bits per heavy atom. The lowest BCUT2D eigenvalue weighted by Crippen LogP contribution is -3.12. The molecule has 1 atom stereocenters. The fourth-order valence-corrected chi connectivity index (χ4v) is 4.45. The number of halogens is 2. The quantitative estimate of drug-likeness (QED) is 0.681. The number of hydrogen-bond donors (Lipinski definition) is 2. The van der Waals surface area contributed by atoms with Crippen molar-refractivity contribution in [1.29, 1.82) is 0 Å². The minimum atomic E-state index is -0.396. The van der Waals surface area contributed by atoms with Crippen LogP contribution in [0.3, 0.4) is 0 Å². The van der Waals surface area contributed by atoms with Crippen molar-refractivity contribution in [3.05, 3.63) is 65.7 Å². The minimum absolute atomic E-state index is 0.185. The number of carbonyl (C=O) groups is 2. The standard InChI is InChI=1S/C23H25F2N3O2/c24-18-3-1-17(2-4-18)15-27-11-9-16(10-12-27)14-26-21-13-22(29)28(23(21)30)20-7-5-19(25)6-8-20/h1-8,16,21,26H,9-15H2/p+2/t21-/m1/s1. The number of piperidine rings is 1. The van der Waals surface area contributed by atoms with Gasteiger partial charge in [-0.05, 0) is 36.4 Å². The van der Waals surface area contributed by atoms with Crippen LogP contribution in [0.25, 0.3) is 0 Å². The summed E-state index contributed by atoms with van der Waals surface area (Å²) in [6.45, 7) is 3.83. The number of hydrogen-bond acceptors (Lipinski definition) is 2. The maximum absolute atomic E-state index is 13.1. The number of imide groups is 1. The SMILES string of the molecule is O=C1C[C@@H]([NH2+]CC2CC[NH+](Cc3ccc(F)cc3)CC2)C(=O)N1c1ccc(F)cc1. The van der Waals surface area contributed by atoms with Crippen LogP contribution in [-0.2, 0) is 16.1 Å². The largest absolute Gasteiger partial charge is 0.335 e. The first-order chi connectivity index (χ1) is 14.5. The third-order valence-corrected chi connectivity index (χ3v) is 6.20. The van der Waals surface area contributed by atoms with Crippen LogP contribution in [0.2, 0.25) is 0 Å². The monoisotopic (exact) mass is 415 g/mol. The van der Waals surface area contributed by atoms with Crippen LogP contribution in [0.4, 0.5) is 14.5 Å². The van der Waals surface area contributed by atoms with Crippen LogP contribution >= 0.6 is 0 Å². The van der Waals surface area contributed by atoms with Crippen molar-refractivity contribution >= 4 is 17.5 Å². The predicted octanol–water partition coefficient (Wildman–Crippen LogP) is 0.655. The molecule has 2 aromatic rings. The number of anilines is 1.